The van der Waals surface area contributed by atoms with Crippen LogP contribution in [0, 0.1) is 11.6 Å². The second-order valence-electron chi connectivity index (χ2n) is 8.66. The van der Waals surface area contributed by atoms with E-state index < -0.39 is 11.9 Å². The lowest BCUT2D eigenvalue weighted by molar-refractivity contribution is 0.242. The summed E-state index contributed by atoms with van der Waals surface area (Å²) in [4.78, 5) is 0. The van der Waals surface area contributed by atoms with Gasteiger partial charge in [-0.2, -0.15) is 0 Å². The first-order valence-corrected chi connectivity index (χ1v) is 10.2. The molecule has 0 bridgehead atoms. The maximum absolute atomic E-state index is 14.6. The summed E-state index contributed by atoms with van der Waals surface area (Å²) in [6.07, 6.45) is 1.62. The predicted molar refractivity (Wildman–Crippen MR) is 119 cm³/mol. The van der Waals surface area contributed by atoms with Gasteiger partial charge in [0, 0.05) is 27.9 Å². The average Bonchev–Trinajstić information content (AvgIpc) is 2.71. The topological polar surface area (TPSA) is 30.5 Å². The van der Waals surface area contributed by atoms with Gasteiger partial charge in [-0.1, -0.05) is 18.2 Å². The van der Waals surface area contributed by atoms with Crippen molar-refractivity contribution in [3.63, 3.8) is 0 Å². The smallest absolute Gasteiger partial charge is 0.165 e. The summed E-state index contributed by atoms with van der Waals surface area (Å²) in [6.45, 7) is 6.28. The number of hydrogen-bond acceptors (Lipinski definition) is 3. The van der Waals surface area contributed by atoms with Gasteiger partial charge in [0.15, 0.2) is 17.7 Å². The van der Waals surface area contributed by atoms with Crippen molar-refractivity contribution in [2.45, 2.75) is 32.4 Å². The van der Waals surface area contributed by atoms with E-state index in [-0.39, 0.29) is 17.1 Å². The van der Waals surface area contributed by atoms with Crippen molar-refractivity contribution in [1.82, 2.24) is 0 Å². The van der Waals surface area contributed by atoms with Gasteiger partial charge in [0.2, 0.25) is 0 Å². The van der Waals surface area contributed by atoms with Gasteiger partial charge >= 0.3 is 0 Å². The maximum atomic E-state index is 14.6. The van der Waals surface area contributed by atoms with Gasteiger partial charge in [-0.05, 0) is 68.3 Å². The van der Waals surface area contributed by atoms with E-state index >= 15 is 0 Å². The zero-order chi connectivity index (χ0) is 21.9. The molecule has 0 radical (unpaired) electrons. The lowest BCUT2D eigenvalue weighted by Crippen LogP contribution is -2.32. The van der Waals surface area contributed by atoms with Crippen LogP contribution in [-0.4, -0.2) is 12.6 Å². The highest BCUT2D eigenvalue weighted by atomic mass is 19.1. The highest BCUT2D eigenvalue weighted by molar-refractivity contribution is 5.90. The van der Waals surface area contributed by atoms with Crippen LogP contribution < -0.4 is 14.8 Å². The number of halogens is 2. The molecule has 5 heteroatoms. The fraction of sp³-hybridized carbons (Fsp3) is 0.231. The van der Waals surface area contributed by atoms with E-state index in [2.05, 4.69) is 32.2 Å². The number of ether oxygens (including phenoxy) is 2. The summed E-state index contributed by atoms with van der Waals surface area (Å²) in [6, 6.07) is 13.4. The van der Waals surface area contributed by atoms with E-state index in [4.69, 9.17) is 9.47 Å². The second-order valence-corrected chi connectivity index (χ2v) is 8.66. The van der Waals surface area contributed by atoms with Crippen molar-refractivity contribution in [2.75, 3.05) is 12.4 Å². The van der Waals surface area contributed by atoms with Gasteiger partial charge in [0.25, 0.3) is 0 Å². The first-order valence-electron chi connectivity index (χ1n) is 10.2. The molecule has 0 aromatic heterocycles. The Morgan fingerprint density at radius 1 is 1.00 bits per heavy atom. The Kier molecular flexibility index (Phi) is 4.33. The molecule has 3 nitrogen and oxygen atoms in total. The number of nitrogens with one attached hydrogen (secondary N) is 1. The van der Waals surface area contributed by atoms with Gasteiger partial charge in [-0.15, -0.1) is 0 Å². The highest BCUT2D eigenvalue weighted by Gasteiger charge is 2.35. The van der Waals surface area contributed by atoms with Gasteiger partial charge in [0.05, 0.1) is 12.6 Å². The molecule has 31 heavy (non-hydrogen) atoms. The lowest BCUT2D eigenvalue weighted by atomic mass is 9.80. The molecule has 1 N–H and O–H groups in total. The molecule has 2 aliphatic heterocycles. The van der Waals surface area contributed by atoms with Crippen LogP contribution >= 0.6 is 0 Å². The zero-order valence-corrected chi connectivity index (χ0v) is 17.8. The molecule has 2 aliphatic rings. The Hall–Kier alpha value is -3.34. The first-order chi connectivity index (χ1) is 14.8. The third-order valence-electron chi connectivity index (χ3n) is 5.89. The molecule has 5 rings (SSSR count). The summed E-state index contributed by atoms with van der Waals surface area (Å²) >= 11 is 0. The molecule has 0 aliphatic carbocycles. The van der Waals surface area contributed by atoms with Gasteiger partial charge in [0.1, 0.15) is 11.6 Å². The fourth-order valence-corrected chi connectivity index (χ4v) is 4.73. The number of fused-ring (bicyclic) bond motifs is 5. The van der Waals surface area contributed by atoms with Crippen LogP contribution in [-0.2, 0) is 0 Å². The van der Waals surface area contributed by atoms with Crippen LogP contribution in [0.4, 0.5) is 14.5 Å². The predicted octanol–water partition coefficient (Wildman–Crippen LogP) is 6.73. The fourth-order valence-electron chi connectivity index (χ4n) is 4.73. The molecule has 0 fully saturated rings. The Labute approximate surface area is 180 Å². The molecule has 0 saturated heterocycles. The standard InChI is InChI=1S/C26H23F2NO2/c1-14-13-26(2,3)29-20-8-7-17-18-12-16(27)6-10-21(18)31-25(24(17)23(14)20)15-5-9-22(30-4)19(28)11-15/h5-13,25,29H,1-4H3/t25-/m1/s1. The summed E-state index contributed by atoms with van der Waals surface area (Å²) in [7, 11) is 1.44. The van der Waals surface area contributed by atoms with E-state index in [1.807, 2.05) is 18.2 Å². The summed E-state index contributed by atoms with van der Waals surface area (Å²) in [5, 5.41) is 3.55. The van der Waals surface area contributed by atoms with Crippen molar-refractivity contribution in [3.05, 3.63) is 82.9 Å². The zero-order valence-electron chi connectivity index (χ0n) is 17.8. The highest BCUT2D eigenvalue weighted by Crippen LogP contribution is 2.51. The Morgan fingerprint density at radius 2 is 1.81 bits per heavy atom. The van der Waals surface area contributed by atoms with Crippen molar-refractivity contribution < 1.29 is 18.3 Å². The Balaban J connectivity index is 1.79. The van der Waals surface area contributed by atoms with Crippen LogP contribution in [0.1, 0.15) is 43.6 Å². The van der Waals surface area contributed by atoms with Gasteiger partial charge in [-0.3, -0.25) is 0 Å². The van der Waals surface area contributed by atoms with Crippen molar-refractivity contribution in [3.8, 4) is 22.6 Å². The quantitative estimate of drug-likeness (QED) is 0.500. The minimum Gasteiger partial charge on any atom is -0.494 e. The maximum Gasteiger partial charge on any atom is 0.165 e. The normalized spacial score (nSPS) is 18.0. The Morgan fingerprint density at radius 3 is 2.55 bits per heavy atom. The third kappa shape index (κ3) is 3.16. The number of hydrogen-bond donors (Lipinski definition) is 1. The Bertz CT molecular complexity index is 1250. The molecule has 1 atom stereocenters. The van der Waals surface area contributed by atoms with Crippen molar-refractivity contribution in [1.29, 1.82) is 0 Å². The van der Waals surface area contributed by atoms with Gasteiger partial charge in [-0.25, -0.2) is 8.78 Å². The van der Waals surface area contributed by atoms with E-state index in [0.29, 0.717) is 16.9 Å². The second kappa shape index (κ2) is 6.84. The molecule has 0 spiro atoms. The molecule has 2 heterocycles. The van der Waals surface area contributed by atoms with Crippen LogP contribution in [0.2, 0.25) is 0 Å². The van der Waals surface area contributed by atoms with E-state index in [9.17, 15) is 8.78 Å². The first kappa shape index (κ1) is 19.6. The van der Waals surface area contributed by atoms with E-state index in [1.54, 1.807) is 12.1 Å². The molecule has 0 unspecified atom stereocenters. The lowest BCUT2D eigenvalue weighted by Gasteiger charge is -2.37. The molecule has 0 amide bonds. The van der Waals surface area contributed by atoms with Crippen molar-refractivity contribution >= 4 is 11.3 Å². The summed E-state index contributed by atoms with van der Waals surface area (Å²) in [5.41, 5.74) is 6.03. The third-order valence-corrected chi connectivity index (χ3v) is 5.89. The number of anilines is 1. The van der Waals surface area contributed by atoms with E-state index in [0.717, 1.165) is 28.0 Å². The molecule has 3 aromatic carbocycles. The van der Waals surface area contributed by atoms with Crippen LogP contribution in [0.25, 0.3) is 16.7 Å². The summed E-state index contributed by atoms with van der Waals surface area (Å²) in [5.74, 6) is -0.0319. The molecular weight excluding hydrogens is 396 g/mol. The van der Waals surface area contributed by atoms with Crippen LogP contribution in [0.3, 0.4) is 0 Å². The minimum absolute atomic E-state index is 0.178. The largest absolute Gasteiger partial charge is 0.494 e. The van der Waals surface area contributed by atoms with Crippen molar-refractivity contribution in [2.24, 2.45) is 0 Å². The molecule has 158 valence electrons. The molecule has 3 aromatic rings. The average molecular weight is 419 g/mol. The monoisotopic (exact) mass is 419 g/mol. The molecule has 0 saturated carbocycles. The SMILES string of the molecule is COc1ccc([C@H]2Oc3ccc(F)cc3-c3ccc4c(c32)C(C)=CC(C)(C)N4)cc1F. The number of methoxy groups -OCH3 is 1. The minimum atomic E-state index is -0.547. The number of benzene rings is 3. The van der Waals surface area contributed by atoms with Gasteiger partial charge < -0.3 is 14.8 Å². The summed E-state index contributed by atoms with van der Waals surface area (Å²) < 4.78 is 40.2. The van der Waals surface area contributed by atoms with E-state index in [1.165, 1.54) is 25.3 Å². The molecular formula is C26H23F2NO2. The number of rotatable bonds is 2. The van der Waals surface area contributed by atoms with Crippen LogP contribution in [0.15, 0.2) is 54.6 Å². The van der Waals surface area contributed by atoms with Crippen LogP contribution in [0.5, 0.6) is 11.5 Å². The number of allylic oxidation sites excluding steroid dienone is 1.